The van der Waals surface area contributed by atoms with Gasteiger partial charge < -0.3 is 14.6 Å². The Morgan fingerprint density at radius 2 is 1.76 bits per heavy atom. The van der Waals surface area contributed by atoms with Crippen molar-refractivity contribution in [3.63, 3.8) is 0 Å². The molecule has 0 spiro atoms. The summed E-state index contributed by atoms with van der Waals surface area (Å²) >= 11 is 0. The van der Waals surface area contributed by atoms with Gasteiger partial charge in [0.1, 0.15) is 24.0 Å². The minimum atomic E-state index is -0.343. The molecule has 1 N–H and O–H groups in total. The molecule has 3 aromatic carbocycles. The highest BCUT2D eigenvalue weighted by Crippen LogP contribution is 2.22. The summed E-state index contributed by atoms with van der Waals surface area (Å²) in [6.07, 6.45) is 4.83. The zero-order valence-electron chi connectivity index (χ0n) is 21.8. The van der Waals surface area contributed by atoms with Gasteiger partial charge in [-0.05, 0) is 79.3 Å². The SMILES string of the molecule is CCC(C)c1ccc(OCCn2c(CCCCCNC(=O)c3ccc(F)cc3)nc3ccccc32)cc1. The number of carbonyl (C=O) groups is 1. The summed E-state index contributed by atoms with van der Waals surface area (Å²) in [5.41, 5.74) is 3.94. The van der Waals surface area contributed by atoms with Crippen LogP contribution in [-0.4, -0.2) is 28.6 Å². The van der Waals surface area contributed by atoms with Crippen molar-refractivity contribution in [1.29, 1.82) is 0 Å². The third-order valence-corrected chi connectivity index (χ3v) is 6.85. The van der Waals surface area contributed by atoms with Crippen LogP contribution >= 0.6 is 0 Å². The van der Waals surface area contributed by atoms with Crippen molar-refractivity contribution in [1.82, 2.24) is 14.9 Å². The average molecular weight is 502 g/mol. The number of amides is 1. The van der Waals surface area contributed by atoms with Crippen LogP contribution in [0.3, 0.4) is 0 Å². The summed E-state index contributed by atoms with van der Waals surface area (Å²) in [4.78, 5) is 17.0. The van der Waals surface area contributed by atoms with E-state index >= 15 is 0 Å². The number of aryl methyl sites for hydroxylation is 1. The first kappa shape index (κ1) is 26.4. The predicted molar refractivity (Wildman–Crippen MR) is 147 cm³/mol. The van der Waals surface area contributed by atoms with Crippen molar-refractivity contribution in [3.05, 3.63) is 95.6 Å². The summed E-state index contributed by atoms with van der Waals surface area (Å²) in [7, 11) is 0. The summed E-state index contributed by atoms with van der Waals surface area (Å²) in [5, 5.41) is 2.91. The van der Waals surface area contributed by atoms with Crippen LogP contribution in [0.5, 0.6) is 5.75 Å². The maximum atomic E-state index is 13.0. The van der Waals surface area contributed by atoms with E-state index in [4.69, 9.17) is 9.72 Å². The van der Waals surface area contributed by atoms with Crippen LogP contribution < -0.4 is 10.1 Å². The molecule has 0 aliphatic rings. The molecule has 0 fully saturated rings. The van der Waals surface area contributed by atoms with Crippen LogP contribution in [0.4, 0.5) is 4.39 Å². The van der Waals surface area contributed by atoms with Gasteiger partial charge in [-0.2, -0.15) is 0 Å². The normalized spacial score (nSPS) is 12.0. The number of aromatic nitrogens is 2. The number of ether oxygens (including phenoxy) is 1. The molecule has 0 aliphatic carbocycles. The van der Waals surface area contributed by atoms with E-state index in [2.05, 4.69) is 60.1 Å². The topological polar surface area (TPSA) is 56.1 Å². The lowest BCUT2D eigenvalue weighted by molar-refractivity contribution is 0.0953. The van der Waals surface area contributed by atoms with Gasteiger partial charge in [0, 0.05) is 18.5 Å². The molecular formula is C31H36FN3O2. The summed E-state index contributed by atoms with van der Waals surface area (Å²) in [6.45, 7) is 6.35. The van der Waals surface area contributed by atoms with Crippen LogP contribution in [0.15, 0.2) is 72.8 Å². The quantitative estimate of drug-likeness (QED) is 0.203. The Bertz CT molecular complexity index is 1280. The second-order valence-corrected chi connectivity index (χ2v) is 9.47. The standard InChI is InChI=1S/C31H36FN3O2/c1-3-23(2)24-14-18-27(19-15-24)37-22-21-35-29-10-7-6-9-28(29)34-30(35)11-5-4-8-20-33-31(36)25-12-16-26(32)17-13-25/h6-7,9-10,12-19,23H,3-5,8,11,20-22H2,1-2H3,(H,33,36). The fourth-order valence-electron chi connectivity index (χ4n) is 4.44. The average Bonchev–Trinajstić information content (AvgIpc) is 3.28. The molecular weight excluding hydrogens is 465 g/mol. The third-order valence-electron chi connectivity index (χ3n) is 6.85. The van der Waals surface area contributed by atoms with Crippen LogP contribution in [0.2, 0.25) is 0 Å². The highest BCUT2D eigenvalue weighted by Gasteiger charge is 2.11. The van der Waals surface area contributed by atoms with E-state index in [0.717, 1.165) is 61.3 Å². The van der Waals surface area contributed by atoms with Gasteiger partial charge >= 0.3 is 0 Å². The molecule has 0 aliphatic heterocycles. The molecule has 4 aromatic rings. The smallest absolute Gasteiger partial charge is 0.251 e. The summed E-state index contributed by atoms with van der Waals surface area (Å²) < 4.78 is 21.4. The monoisotopic (exact) mass is 501 g/mol. The Morgan fingerprint density at radius 3 is 2.51 bits per heavy atom. The van der Waals surface area contributed by atoms with Crippen molar-refractivity contribution in [2.24, 2.45) is 0 Å². The van der Waals surface area contributed by atoms with Gasteiger partial charge in [0.25, 0.3) is 5.91 Å². The molecule has 4 rings (SSSR count). The number of hydrogen-bond donors (Lipinski definition) is 1. The lowest BCUT2D eigenvalue weighted by Gasteiger charge is -2.13. The zero-order chi connectivity index (χ0) is 26.0. The van der Waals surface area contributed by atoms with Crippen LogP contribution in [-0.2, 0) is 13.0 Å². The van der Waals surface area contributed by atoms with Crippen molar-refractivity contribution in [2.75, 3.05) is 13.2 Å². The lowest BCUT2D eigenvalue weighted by atomic mass is 9.99. The van der Waals surface area contributed by atoms with E-state index in [-0.39, 0.29) is 11.7 Å². The van der Waals surface area contributed by atoms with E-state index in [1.807, 2.05) is 12.1 Å². The maximum Gasteiger partial charge on any atom is 0.251 e. The van der Waals surface area contributed by atoms with Gasteiger partial charge in [0.2, 0.25) is 0 Å². The first-order valence-electron chi connectivity index (χ1n) is 13.3. The molecule has 0 saturated heterocycles. The van der Waals surface area contributed by atoms with Gasteiger partial charge in [0.05, 0.1) is 17.6 Å². The number of fused-ring (bicyclic) bond motifs is 1. The maximum absolute atomic E-state index is 13.0. The number of para-hydroxylation sites is 2. The van der Waals surface area contributed by atoms with Gasteiger partial charge in [-0.15, -0.1) is 0 Å². The van der Waals surface area contributed by atoms with Crippen LogP contribution in [0.1, 0.15) is 67.2 Å². The number of benzene rings is 3. The highest BCUT2D eigenvalue weighted by molar-refractivity contribution is 5.94. The molecule has 5 nitrogen and oxygen atoms in total. The molecule has 194 valence electrons. The Balaban J connectivity index is 1.26. The zero-order valence-corrected chi connectivity index (χ0v) is 21.8. The van der Waals surface area contributed by atoms with E-state index in [1.165, 1.54) is 29.8 Å². The Morgan fingerprint density at radius 1 is 1.00 bits per heavy atom. The number of nitrogens with zero attached hydrogens (tertiary/aromatic N) is 2. The Kier molecular flexibility index (Phi) is 9.30. The van der Waals surface area contributed by atoms with Crippen molar-refractivity contribution in [3.8, 4) is 5.75 Å². The van der Waals surface area contributed by atoms with Crippen LogP contribution in [0.25, 0.3) is 11.0 Å². The van der Waals surface area contributed by atoms with Gasteiger partial charge in [-0.1, -0.05) is 44.5 Å². The second-order valence-electron chi connectivity index (χ2n) is 9.47. The molecule has 1 heterocycles. The fourth-order valence-corrected chi connectivity index (χ4v) is 4.44. The summed E-state index contributed by atoms with van der Waals surface area (Å²) in [6, 6.07) is 22.3. The highest BCUT2D eigenvalue weighted by atomic mass is 19.1. The number of hydrogen-bond acceptors (Lipinski definition) is 3. The first-order valence-corrected chi connectivity index (χ1v) is 13.3. The molecule has 1 unspecified atom stereocenters. The number of halogens is 1. The molecule has 1 aromatic heterocycles. The molecule has 6 heteroatoms. The minimum absolute atomic E-state index is 0.170. The number of carbonyl (C=O) groups excluding carboxylic acids is 1. The van der Waals surface area contributed by atoms with E-state index in [9.17, 15) is 9.18 Å². The predicted octanol–water partition coefficient (Wildman–Crippen LogP) is 6.91. The first-order chi connectivity index (χ1) is 18.0. The van der Waals surface area contributed by atoms with Crippen molar-refractivity contribution in [2.45, 2.75) is 58.4 Å². The number of imidazole rings is 1. The Hall–Kier alpha value is -3.67. The Labute approximate surface area is 218 Å². The van der Waals surface area contributed by atoms with Gasteiger partial charge in [0.15, 0.2) is 0 Å². The third kappa shape index (κ3) is 7.19. The van der Waals surface area contributed by atoms with E-state index < -0.39 is 0 Å². The minimum Gasteiger partial charge on any atom is -0.492 e. The summed E-state index contributed by atoms with van der Waals surface area (Å²) in [5.74, 6) is 1.99. The largest absolute Gasteiger partial charge is 0.492 e. The van der Waals surface area contributed by atoms with Crippen molar-refractivity contribution >= 4 is 16.9 Å². The molecule has 1 amide bonds. The number of nitrogens with one attached hydrogen (secondary N) is 1. The molecule has 0 radical (unpaired) electrons. The number of rotatable bonds is 13. The van der Waals surface area contributed by atoms with E-state index in [1.54, 1.807) is 0 Å². The molecule has 0 saturated carbocycles. The number of unbranched alkanes of at least 4 members (excludes halogenated alkanes) is 2. The van der Waals surface area contributed by atoms with Gasteiger partial charge in [-0.3, -0.25) is 4.79 Å². The second kappa shape index (κ2) is 13.0. The van der Waals surface area contributed by atoms with Crippen molar-refractivity contribution < 1.29 is 13.9 Å². The van der Waals surface area contributed by atoms with Crippen LogP contribution in [0, 0.1) is 5.82 Å². The van der Waals surface area contributed by atoms with E-state index in [0.29, 0.717) is 24.6 Å². The van der Waals surface area contributed by atoms with Gasteiger partial charge in [-0.25, -0.2) is 9.37 Å². The molecule has 1 atom stereocenters. The molecule has 0 bridgehead atoms. The fraction of sp³-hybridized carbons (Fsp3) is 0.355. The molecule has 37 heavy (non-hydrogen) atoms. The lowest BCUT2D eigenvalue weighted by Crippen LogP contribution is -2.24.